The highest BCUT2D eigenvalue weighted by atomic mass is 32.2. The predicted molar refractivity (Wildman–Crippen MR) is 109 cm³/mol. The Kier molecular flexibility index (Phi) is 5.65. The first-order valence-electron chi connectivity index (χ1n) is 8.52. The minimum absolute atomic E-state index is 0.0778. The van der Waals surface area contributed by atoms with Gasteiger partial charge in [-0.1, -0.05) is 17.7 Å². The molecule has 0 saturated carbocycles. The van der Waals surface area contributed by atoms with E-state index in [1.807, 2.05) is 19.1 Å². The van der Waals surface area contributed by atoms with Crippen molar-refractivity contribution in [2.45, 2.75) is 11.8 Å². The highest BCUT2D eigenvalue weighted by Gasteiger charge is 2.15. The van der Waals surface area contributed by atoms with Crippen LogP contribution in [0.3, 0.4) is 0 Å². The van der Waals surface area contributed by atoms with E-state index in [0.717, 1.165) is 5.56 Å². The smallest absolute Gasteiger partial charge is 0.261 e. The predicted octanol–water partition coefficient (Wildman–Crippen LogP) is 4.06. The number of rotatable bonds is 6. The molecule has 3 aromatic rings. The summed E-state index contributed by atoms with van der Waals surface area (Å²) in [4.78, 5) is 12.4. The highest BCUT2D eigenvalue weighted by Crippen LogP contribution is 2.19. The molecule has 7 heteroatoms. The number of carbonyl (C=O) groups is 1. The molecule has 0 unspecified atom stereocenters. The maximum atomic E-state index is 12.5. The third-order valence-electron chi connectivity index (χ3n) is 4.08. The molecule has 0 saturated heterocycles. The van der Waals surface area contributed by atoms with Crippen LogP contribution in [0.15, 0.2) is 77.7 Å². The van der Waals surface area contributed by atoms with Gasteiger partial charge in [-0.15, -0.1) is 0 Å². The highest BCUT2D eigenvalue weighted by molar-refractivity contribution is 7.92. The number of benzene rings is 3. The summed E-state index contributed by atoms with van der Waals surface area (Å²) in [6.07, 6.45) is 0. The summed E-state index contributed by atoms with van der Waals surface area (Å²) in [5, 5.41) is 2.75. The number of anilines is 2. The monoisotopic (exact) mass is 396 g/mol. The van der Waals surface area contributed by atoms with Crippen LogP contribution in [-0.4, -0.2) is 21.4 Å². The maximum Gasteiger partial charge on any atom is 0.261 e. The van der Waals surface area contributed by atoms with Crippen LogP contribution in [0.25, 0.3) is 0 Å². The number of nitrogens with one attached hydrogen (secondary N) is 2. The first kappa shape index (κ1) is 19.4. The van der Waals surface area contributed by atoms with Gasteiger partial charge in [-0.2, -0.15) is 0 Å². The van der Waals surface area contributed by atoms with Gasteiger partial charge in [-0.05, 0) is 67.6 Å². The molecule has 28 heavy (non-hydrogen) atoms. The van der Waals surface area contributed by atoms with Crippen LogP contribution in [0.4, 0.5) is 11.4 Å². The normalized spacial score (nSPS) is 10.9. The van der Waals surface area contributed by atoms with Crippen molar-refractivity contribution >= 4 is 27.3 Å². The number of carbonyl (C=O) groups excluding carboxylic acids is 1. The molecule has 3 aromatic carbocycles. The fourth-order valence-electron chi connectivity index (χ4n) is 2.50. The molecule has 0 aliphatic carbocycles. The minimum Gasteiger partial charge on any atom is -0.497 e. The Balaban J connectivity index is 1.70. The van der Waals surface area contributed by atoms with Crippen molar-refractivity contribution in [1.29, 1.82) is 0 Å². The first-order chi connectivity index (χ1) is 13.4. The Morgan fingerprint density at radius 2 is 1.39 bits per heavy atom. The Hall–Kier alpha value is -3.32. The topological polar surface area (TPSA) is 84.5 Å². The number of methoxy groups -OCH3 is 1. The fraction of sp³-hybridized carbons (Fsp3) is 0.0952. The number of sulfonamides is 1. The Morgan fingerprint density at radius 3 is 1.96 bits per heavy atom. The quantitative estimate of drug-likeness (QED) is 0.658. The van der Waals surface area contributed by atoms with E-state index in [-0.39, 0.29) is 10.8 Å². The number of aryl methyl sites for hydroxylation is 1. The molecule has 0 atom stereocenters. The SMILES string of the molecule is COc1ccc(NC(=O)c2ccc(S(=O)(=O)Nc3ccc(C)cc3)cc2)cc1. The molecular weight excluding hydrogens is 376 g/mol. The summed E-state index contributed by atoms with van der Waals surface area (Å²) >= 11 is 0. The van der Waals surface area contributed by atoms with E-state index < -0.39 is 10.0 Å². The molecule has 0 aliphatic rings. The van der Waals surface area contributed by atoms with Crippen LogP contribution in [-0.2, 0) is 10.0 Å². The first-order valence-corrected chi connectivity index (χ1v) is 10.0. The zero-order valence-electron chi connectivity index (χ0n) is 15.5. The van der Waals surface area contributed by atoms with E-state index in [0.29, 0.717) is 22.7 Å². The Bertz CT molecular complexity index is 1060. The molecule has 6 nitrogen and oxygen atoms in total. The average Bonchev–Trinajstić information content (AvgIpc) is 2.70. The molecule has 0 fully saturated rings. The minimum atomic E-state index is -3.73. The Morgan fingerprint density at radius 1 is 0.821 bits per heavy atom. The summed E-state index contributed by atoms with van der Waals surface area (Å²) in [5.74, 6) is 0.356. The zero-order chi connectivity index (χ0) is 20.1. The lowest BCUT2D eigenvalue weighted by molar-refractivity contribution is 0.102. The molecule has 3 rings (SSSR count). The molecule has 144 valence electrons. The molecule has 0 aliphatic heterocycles. The third kappa shape index (κ3) is 4.69. The summed E-state index contributed by atoms with van der Waals surface area (Å²) in [6, 6.07) is 19.7. The van der Waals surface area contributed by atoms with Gasteiger partial charge >= 0.3 is 0 Å². The molecule has 0 spiro atoms. The summed E-state index contributed by atoms with van der Waals surface area (Å²) < 4.78 is 32.6. The zero-order valence-corrected chi connectivity index (χ0v) is 16.3. The van der Waals surface area contributed by atoms with Gasteiger partial charge in [0.05, 0.1) is 12.0 Å². The van der Waals surface area contributed by atoms with Gasteiger partial charge in [0, 0.05) is 16.9 Å². The molecule has 0 radical (unpaired) electrons. The maximum absolute atomic E-state index is 12.5. The Labute approximate surface area is 164 Å². The van der Waals surface area contributed by atoms with Crippen molar-refractivity contribution in [3.05, 3.63) is 83.9 Å². The lowest BCUT2D eigenvalue weighted by Crippen LogP contribution is -2.14. The van der Waals surface area contributed by atoms with E-state index in [2.05, 4.69) is 10.0 Å². The summed E-state index contributed by atoms with van der Waals surface area (Å²) in [6.45, 7) is 1.92. The molecule has 0 bridgehead atoms. The van der Waals surface area contributed by atoms with Gasteiger partial charge in [0.15, 0.2) is 0 Å². The van der Waals surface area contributed by atoms with Crippen molar-refractivity contribution in [1.82, 2.24) is 0 Å². The van der Waals surface area contributed by atoms with Gasteiger partial charge in [-0.25, -0.2) is 8.42 Å². The second-order valence-corrected chi connectivity index (χ2v) is 7.86. The van der Waals surface area contributed by atoms with Crippen molar-refractivity contribution in [3.63, 3.8) is 0 Å². The van der Waals surface area contributed by atoms with Crippen molar-refractivity contribution in [2.75, 3.05) is 17.1 Å². The van der Waals surface area contributed by atoms with Crippen LogP contribution in [0, 0.1) is 6.92 Å². The number of ether oxygens (including phenoxy) is 1. The summed E-state index contributed by atoms with van der Waals surface area (Å²) in [5.41, 5.74) is 2.48. The lowest BCUT2D eigenvalue weighted by Gasteiger charge is -2.10. The number of hydrogen-bond donors (Lipinski definition) is 2. The van der Waals surface area contributed by atoms with Gasteiger partial charge in [0.1, 0.15) is 5.75 Å². The van der Waals surface area contributed by atoms with Gasteiger partial charge in [0.2, 0.25) is 0 Å². The van der Waals surface area contributed by atoms with E-state index in [1.165, 1.54) is 24.3 Å². The van der Waals surface area contributed by atoms with Crippen LogP contribution in [0.2, 0.25) is 0 Å². The van der Waals surface area contributed by atoms with E-state index in [4.69, 9.17) is 4.74 Å². The van der Waals surface area contributed by atoms with Gasteiger partial charge < -0.3 is 10.1 Å². The molecule has 0 aromatic heterocycles. The molecule has 1 amide bonds. The van der Waals surface area contributed by atoms with Crippen molar-refractivity contribution < 1.29 is 17.9 Å². The van der Waals surface area contributed by atoms with Crippen LogP contribution < -0.4 is 14.8 Å². The van der Waals surface area contributed by atoms with Crippen LogP contribution >= 0.6 is 0 Å². The van der Waals surface area contributed by atoms with E-state index in [1.54, 1.807) is 43.5 Å². The fourth-order valence-corrected chi connectivity index (χ4v) is 3.56. The average molecular weight is 396 g/mol. The second kappa shape index (κ2) is 8.14. The molecular formula is C21H20N2O4S. The standard InChI is InChI=1S/C21H20N2O4S/c1-15-3-7-18(8-4-15)23-28(25,26)20-13-5-16(6-14-20)21(24)22-17-9-11-19(27-2)12-10-17/h3-14,23H,1-2H3,(H,22,24). The summed E-state index contributed by atoms with van der Waals surface area (Å²) in [7, 11) is -2.16. The largest absolute Gasteiger partial charge is 0.497 e. The van der Waals surface area contributed by atoms with Gasteiger partial charge in [-0.3, -0.25) is 9.52 Å². The van der Waals surface area contributed by atoms with E-state index in [9.17, 15) is 13.2 Å². The van der Waals surface area contributed by atoms with Crippen LogP contribution in [0.5, 0.6) is 5.75 Å². The molecule has 2 N–H and O–H groups in total. The van der Waals surface area contributed by atoms with Crippen LogP contribution in [0.1, 0.15) is 15.9 Å². The van der Waals surface area contributed by atoms with Crippen molar-refractivity contribution in [3.8, 4) is 5.75 Å². The molecule has 0 heterocycles. The second-order valence-electron chi connectivity index (χ2n) is 6.18. The number of hydrogen-bond acceptors (Lipinski definition) is 4. The third-order valence-corrected chi connectivity index (χ3v) is 5.48. The lowest BCUT2D eigenvalue weighted by atomic mass is 10.2. The number of amides is 1. The van der Waals surface area contributed by atoms with E-state index >= 15 is 0 Å². The van der Waals surface area contributed by atoms with Gasteiger partial charge in [0.25, 0.3) is 15.9 Å². The van der Waals surface area contributed by atoms with Crippen molar-refractivity contribution in [2.24, 2.45) is 0 Å².